The lowest BCUT2D eigenvalue weighted by molar-refractivity contribution is -0.116. The van der Waals surface area contributed by atoms with Crippen molar-refractivity contribution in [1.29, 1.82) is 0 Å². The van der Waals surface area contributed by atoms with Gasteiger partial charge in [0.05, 0.1) is 10.3 Å². The van der Waals surface area contributed by atoms with Gasteiger partial charge in [0, 0.05) is 11.0 Å². The molecule has 0 spiro atoms. The standard InChI is InChI=1S/C11H12BrNOS/c1-2-3-4-5-11(14)13-8-9-6-7-10(12)15-9/h2-7H,8H2,1H3,(H,13,14)/b3-2+,5-4+. The Bertz CT molecular complexity index is 382. The first-order valence-corrected chi connectivity index (χ1v) is 6.14. The molecule has 1 N–H and O–H groups in total. The molecule has 0 aliphatic carbocycles. The van der Waals surface area contributed by atoms with E-state index in [0.717, 1.165) is 8.66 Å². The van der Waals surface area contributed by atoms with Crippen molar-refractivity contribution in [3.8, 4) is 0 Å². The molecular formula is C11H12BrNOS. The van der Waals surface area contributed by atoms with E-state index in [4.69, 9.17) is 0 Å². The van der Waals surface area contributed by atoms with Crippen molar-refractivity contribution in [3.05, 3.63) is 45.1 Å². The van der Waals surface area contributed by atoms with Crippen LogP contribution in [-0.4, -0.2) is 5.91 Å². The van der Waals surface area contributed by atoms with E-state index in [1.165, 1.54) is 6.08 Å². The van der Waals surface area contributed by atoms with Gasteiger partial charge in [-0.25, -0.2) is 0 Å². The van der Waals surface area contributed by atoms with Crippen molar-refractivity contribution in [2.75, 3.05) is 0 Å². The molecule has 0 unspecified atom stereocenters. The van der Waals surface area contributed by atoms with Crippen LogP contribution in [-0.2, 0) is 11.3 Å². The molecule has 0 radical (unpaired) electrons. The highest BCUT2D eigenvalue weighted by Crippen LogP contribution is 2.21. The quantitative estimate of drug-likeness (QED) is 0.668. The Labute approximate surface area is 102 Å². The summed E-state index contributed by atoms with van der Waals surface area (Å²) >= 11 is 5.00. The fourth-order valence-corrected chi connectivity index (χ4v) is 2.36. The van der Waals surface area contributed by atoms with E-state index in [1.807, 2.05) is 31.2 Å². The van der Waals surface area contributed by atoms with Crippen LogP contribution < -0.4 is 5.32 Å². The lowest BCUT2D eigenvalue weighted by atomic mass is 10.4. The molecule has 80 valence electrons. The van der Waals surface area contributed by atoms with Crippen molar-refractivity contribution >= 4 is 33.2 Å². The molecule has 1 aromatic heterocycles. The molecule has 0 saturated heterocycles. The number of hydrogen-bond donors (Lipinski definition) is 1. The summed E-state index contributed by atoms with van der Waals surface area (Å²) in [5.74, 6) is -0.0716. The van der Waals surface area contributed by atoms with Crippen LogP contribution in [0.15, 0.2) is 40.2 Å². The fraction of sp³-hybridized carbons (Fsp3) is 0.182. The number of halogens is 1. The summed E-state index contributed by atoms with van der Waals surface area (Å²) < 4.78 is 1.08. The summed E-state index contributed by atoms with van der Waals surface area (Å²) in [5, 5.41) is 2.80. The van der Waals surface area contributed by atoms with Gasteiger partial charge < -0.3 is 5.32 Å². The zero-order chi connectivity index (χ0) is 11.1. The van der Waals surface area contributed by atoms with Crippen LogP contribution in [0.4, 0.5) is 0 Å². The van der Waals surface area contributed by atoms with Gasteiger partial charge in [-0.1, -0.05) is 18.2 Å². The molecule has 1 amide bonds. The van der Waals surface area contributed by atoms with Gasteiger partial charge in [-0.2, -0.15) is 0 Å². The van der Waals surface area contributed by atoms with Crippen molar-refractivity contribution in [2.24, 2.45) is 0 Å². The molecule has 1 rings (SSSR count). The van der Waals surface area contributed by atoms with Crippen LogP contribution >= 0.6 is 27.3 Å². The van der Waals surface area contributed by atoms with E-state index in [2.05, 4.69) is 21.2 Å². The predicted octanol–water partition coefficient (Wildman–Crippen LogP) is 3.26. The number of nitrogens with one attached hydrogen (secondary N) is 1. The fourth-order valence-electron chi connectivity index (χ4n) is 0.934. The van der Waals surface area contributed by atoms with Crippen molar-refractivity contribution in [1.82, 2.24) is 5.32 Å². The predicted molar refractivity (Wildman–Crippen MR) is 67.8 cm³/mol. The first-order chi connectivity index (χ1) is 7.22. The Hall–Kier alpha value is -0.870. The van der Waals surface area contributed by atoms with Crippen LogP contribution in [0.5, 0.6) is 0 Å². The normalized spacial score (nSPS) is 11.3. The Kier molecular flexibility index (Phi) is 5.36. The number of hydrogen-bond acceptors (Lipinski definition) is 2. The lowest BCUT2D eigenvalue weighted by Gasteiger charge is -1.97. The monoisotopic (exact) mass is 285 g/mol. The van der Waals surface area contributed by atoms with Gasteiger partial charge in [0.25, 0.3) is 0 Å². The maximum Gasteiger partial charge on any atom is 0.244 e. The number of allylic oxidation sites excluding steroid dienone is 3. The van der Waals surface area contributed by atoms with Crippen LogP contribution in [0.3, 0.4) is 0 Å². The summed E-state index contributed by atoms with van der Waals surface area (Å²) in [4.78, 5) is 12.4. The van der Waals surface area contributed by atoms with E-state index in [1.54, 1.807) is 17.4 Å². The van der Waals surface area contributed by atoms with Gasteiger partial charge in [-0.05, 0) is 35.0 Å². The van der Waals surface area contributed by atoms with E-state index in [-0.39, 0.29) is 5.91 Å². The minimum absolute atomic E-state index is 0.0716. The maximum atomic E-state index is 11.3. The highest BCUT2D eigenvalue weighted by atomic mass is 79.9. The molecule has 1 heterocycles. The Morgan fingerprint density at radius 3 is 2.93 bits per heavy atom. The zero-order valence-electron chi connectivity index (χ0n) is 8.37. The smallest absolute Gasteiger partial charge is 0.244 e. The number of rotatable bonds is 4. The van der Waals surface area contributed by atoms with E-state index in [9.17, 15) is 4.79 Å². The van der Waals surface area contributed by atoms with Gasteiger partial charge in [0.2, 0.25) is 5.91 Å². The van der Waals surface area contributed by atoms with Gasteiger partial charge in [0.15, 0.2) is 0 Å². The second-order valence-electron chi connectivity index (χ2n) is 2.81. The van der Waals surface area contributed by atoms with E-state index >= 15 is 0 Å². The third kappa shape index (κ3) is 4.95. The van der Waals surface area contributed by atoms with Crippen LogP contribution in [0.2, 0.25) is 0 Å². The molecule has 15 heavy (non-hydrogen) atoms. The highest BCUT2D eigenvalue weighted by molar-refractivity contribution is 9.11. The average Bonchev–Trinajstić information content (AvgIpc) is 2.62. The maximum absolute atomic E-state index is 11.3. The summed E-state index contributed by atoms with van der Waals surface area (Å²) in [6, 6.07) is 3.96. The Morgan fingerprint density at radius 1 is 1.53 bits per heavy atom. The SMILES string of the molecule is C/C=C/C=C/C(=O)NCc1ccc(Br)s1. The van der Waals surface area contributed by atoms with Gasteiger partial charge in [0.1, 0.15) is 0 Å². The molecule has 4 heteroatoms. The summed E-state index contributed by atoms with van der Waals surface area (Å²) in [7, 11) is 0. The Balaban J connectivity index is 2.34. The van der Waals surface area contributed by atoms with Gasteiger partial charge >= 0.3 is 0 Å². The summed E-state index contributed by atoms with van der Waals surface area (Å²) in [5.41, 5.74) is 0. The van der Waals surface area contributed by atoms with E-state index < -0.39 is 0 Å². The molecule has 0 bridgehead atoms. The minimum Gasteiger partial charge on any atom is -0.348 e. The highest BCUT2D eigenvalue weighted by Gasteiger charge is 1.98. The first kappa shape index (κ1) is 12.2. The summed E-state index contributed by atoms with van der Waals surface area (Å²) in [6.07, 6.45) is 6.93. The van der Waals surface area contributed by atoms with Gasteiger partial charge in [-0.3, -0.25) is 4.79 Å². The largest absolute Gasteiger partial charge is 0.348 e. The van der Waals surface area contributed by atoms with E-state index in [0.29, 0.717) is 6.54 Å². The molecule has 0 aliphatic heterocycles. The molecule has 0 atom stereocenters. The third-order valence-electron chi connectivity index (χ3n) is 1.62. The Morgan fingerprint density at radius 2 is 2.33 bits per heavy atom. The van der Waals surface area contributed by atoms with Gasteiger partial charge in [-0.15, -0.1) is 11.3 Å². The molecule has 1 aromatic rings. The second kappa shape index (κ2) is 6.58. The van der Waals surface area contributed by atoms with Crippen LogP contribution in [0, 0.1) is 0 Å². The number of amides is 1. The molecular weight excluding hydrogens is 274 g/mol. The molecule has 0 fully saturated rings. The molecule has 0 saturated carbocycles. The lowest BCUT2D eigenvalue weighted by Crippen LogP contribution is -2.19. The third-order valence-corrected chi connectivity index (χ3v) is 3.24. The summed E-state index contributed by atoms with van der Waals surface area (Å²) in [6.45, 7) is 2.49. The van der Waals surface area contributed by atoms with Crippen LogP contribution in [0.1, 0.15) is 11.8 Å². The topological polar surface area (TPSA) is 29.1 Å². The van der Waals surface area contributed by atoms with Crippen molar-refractivity contribution in [2.45, 2.75) is 13.5 Å². The zero-order valence-corrected chi connectivity index (χ0v) is 10.8. The number of carbonyl (C=O) groups is 1. The van der Waals surface area contributed by atoms with Crippen molar-refractivity contribution in [3.63, 3.8) is 0 Å². The average molecular weight is 286 g/mol. The number of carbonyl (C=O) groups excluding carboxylic acids is 1. The van der Waals surface area contributed by atoms with Crippen molar-refractivity contribution < 1.29 is 4.79 Å². The minimum atomic E-state index is -0.0716. The van der Waals surface area contributed by atoms with Crippen LogP contribution in [0.25, 0.3) is 0 Å². The first-order valence-electron chi connectivity index (χ1n) is 4.54. The molecule has 0 aromatic carbocycles. The number of thiophene rings is 1. The second-order valence-corrected chi connectivity index (χ2v) is 5.36. The molecule has 2 nitrogen and oxygen atoms in total. The molecule has 0 aliphatic rings.